The Bertz CT molecular complexity index is 221. The topological polar surface area (TPSA) is 70.6 Å². The lowest BCUT2D eigenvalue weighted by Gasteiger charge is -2.24. The minimum absolute atomic E-state index is 0.0342. The van der Waals surface area contributed by atoms with Gasteiger partial charge < -0.3 is 20.5 Å². The van der Waals surface area contributed by atoms with Gasteiger partial charge in [-0.05, 0) is 47.1 Å². The number of carbonyl (C=O) groups excluding carboxylic acids is 1. The molecule has 1 saturated heterocycles. The van der Waals surface area contributed by atoms with Gasteiger partial charge in [0.1, 0.15) is 6.61 Å². The zero-order valence-corrected chi connectivity index (χ0v) is 12.1. The van der Waals surface area contributed by atoms with Gasteiger partial charge in [-0.1, -0.05) is 0 Å². The number of carbonyl (C=O) groups is 1. The molecule has 1 rings (SSSR count). The van der Waals surface area contributed by atoms with Crippen molar-refractivity contribution in [3.63, 3.8) is 0 Å². The summed E-state index contributed by atoms with van der Waals surface area (Å²) in [6.07, 6.45) is 2.38. The number of amides is 1. The molecule has 3 N–H and O–H groups in total. The van der Waals surface area contributed by atoms with Crippen molar-refractivity contribution >= 4 is 5.91 Å². The number of nitrogens with one attached hydrogen (secondary N) is 2. The second-order valence-corrected chi connectivity index (χ2v) is 5.39. The Balaban J connectivity index is 0.000000873. The molecule has 0 aromatic rings. The molecule has 1 aliphatic rings. The molecular weight excluding hydrogens is 232 g/mol. The maximum absolute atomic E-state index is 11.4. The van der Waals surface area contributed by atoms with Crippen LogP contribution in [0.3, 0.4) is 0 Å². The molecule has 18 heavy (non-hydrogen) atoms. The summed E-state index contributed by atoms with van der Waals surface area (Å²) in [5, 5.41) is 13.7. The van der Waals surface area contributed by atoms with Crippen molar-refractivity contribution in [3.8, 4) is 0 Å². The van der Waals surface area contributed by atoms with Crippen LogP contribution in [0.5, 0.6) is 0 Å². The van der Waals surface area contributed by atoms with Gasteiger partial charge in [-0.3, -0.25) is 4.79 Å². The first-order valence-electron chi connectivity index (χ1n) is 6.63. The zero-order valence-electron chi connectivity index (χ0n) is 12.1. The summed E-state index contributed by atoms with van der Waals surface area (Å²) in [7, 11) is 0. The van der Waals surface area contributed by atoms with E-state index in [1.165, 1.54) is 0 Å². The number of hydrogen-bond donors (Lipinski definition) is 3. The van der Waals surface area contributed by atoms with Gasteiger partial charge >= 0.3 is 0 Å². The second kappa shape index (κ2) is 9.30. The molecule has 0 spiro atoms. The fourth-order valence-corrected chi connectivity index (χ4v) is 1.61. The smallest absolute Gasteiger partial charge is 0.246 e. The van der Waals surface area contributed by atoms with Crippen molar-refractivity contribution in [1.82, 2.24) is 10.6 Å². The Morgan fingerprint density at radius 3 is 2.56 bits per heavy atom. The Hall–Kier alpha value is -0.650. The van der Waals surface area contributed by atoms with Gasteiger partial charge in [-0.2, -0.15) is 0 Å². The number of piperidine rings is 1. The van der Waals surface area contributed by atoms with Gasteiger partial charge in [0.25, 0.3) is 0 Å². The average Bonchev–Trinajstić information content (AvgIpc) is 2.27. The van der Waals surface area contributed by atoms with E-state index in [9.17, 15) is 4.79 Å². The van der Waals surface area contributed by atoms with E-state index < -0.39 is 0 Å². The van der Waals surface area contributed by atoms with E-state index in [2.05, 4.69) is 10.6 Å². The number of rotatable bonds is 3. The predicted octanol–water partition coefficient (Wildman–Crippen LogP) is 0.668. The third-order valence-electron chi connectivity index (χ3n) is 2.22. The third kappa shape index (κ3) is 10.5. The molecule has 0 aromatic carbocycles. The molecule has 108 valence electrons. The maximum atomic E-state index is 11.4. The van der Waals surface area contributed by atoms with Crippen LogP contribution in [0.4, 0.5) is 0 Å². The van der Waals surface area contributed by atoms with Crippen LogP contribution in [-0.2, 0) is 9.53 Å². The molecule has 0 aliphatic carbocycles. The Morgan fingerprint density at radius 1 is 1.50 bits per heavy atom. The van der Waals surface area contributed by atoms with E-state index in [4.69, 9.17) is 9.84 Å². The van der Waals surface area contributed by atoms with Crippen molar-refractivity contribution in [2.45, 2.75) is 52.2 Å². The highest BCUT2D eigenvalue weighted by molar-refractivity contribution is 5.77. The molecule has 0 aromatic heterocycles. The van der Waals surface area contributed by atoms with Crippen LogP contribution in [-0.4, -0.2) is 49.0 Å². The standard InChI is InChI=1S/C11H22N2O2.C2H6O/c1-11(2,3)13-10(14)8-15-9-5-4-6-12-7-9;1-2-3/h9,12H,4-8H2,1-3H3,(H,13,14);3H,2H2,1H3. The number of ether oxygens (including phenoxy) is 1. The SMILES string of the molecule is CC(C)(C)NC(=O)COC1CCCNC1.CCO. The summed E-state index contributed by atoms with van der Waals surface area (Å²) >= 11 is 0. The minimum Gasteiger partial charge on any atom is -0.397 e. The van der Waals surface area contributed by atoms with Gasteiger partial charge in [0.05, 0.1) is 6.10 Å². The van der Waals surface area contributed by atoms with Gasteiger partial charge in [-0.25, -0.2) is 0 Å². The molecule has 5 heteroatoms. The summed E-state index contributed by atoms with van der Waals surface area (Å²) in [5.74, 6) is -0.0342. The highest BCUT2D eigenvalue weighted by Gasteiger charge is 2.17. The molecule has 1 unspecified atom stereocenters. The van der Waals surface area contributed by atoms with E-state index in [1.807, 2.05) is 20.8 Å². The minimum atomic E-state index is -0.175. The van der Waals surface area contributed by atoms with Crippen LogP contribution in [0, 0.1) is 0 Å². The Morgan fingerprint density at radius 2 is 2.11 bits per heavy atom. The molecule has 1 aliphatic heterocycles. The Labute approximate surface area is 110 Å². The van der Waals surface area contributed by atoms with Gasteiger partial charge in [0.2, 0.25) is 5.91 Å². The molecule has 1 heterocycles. The van der Waals surface area contributed by atoms with E-state index in [0.29, 0.717) is 0 Å². The molecule has 0 saturated carbocycles. The van der Waals surface area contributed by atoms with E-state index in [-0.39, 0.29) is 30.8 Å². The van der Waals surface area contributed by atoms with Crippen molar-refractivity contribution < 1.29 is 14.6 Å². The summed E-state index contributed by atoms with van der Waals surface area (Å²) in [4.78, 5) is 11.4. The quantitative estimate of drug-likeness (QED) is 0.697. The number of aliphatic hydroxyl groups is 1. The third-order valence-corrected chi connectivity index (χ3v) is 2.22. The molecular formula is C13H28N2O3. The highest BCUT2D eigenvalue weighted by Crippen LogP contribution is 2.06. The number of hydrogen-bond acceptors (Lipinski definition) is 4. The summed E-state index contributed by atoms with van der Waals surface area (Å²) in [6.45, 7) is 9.92. The fourth-order valence-electron chi connectivity index (χ4n) is 1.61. The molecule has 0 bridgehead atoms. The lowest BCUT2D eigenvalue weighted by Crippen LogP contribution is -2.44. The van der Waals surface area contributed by atoms with Gasteiger partial charge in [-0.15, -0.1) is 0 Å². The first kappa shape index (κ1) is 17.4. The lowest BCUT2D eigenvalue weighted by atomic mass is 10.1. The summed E-state index contributed by atoms with van der Waals surface area (Å²) < 4.78 is 5.52. The van der Waals surface area contributed by atoms with Crippen molar-refractivity contribution in [1.29, 1.82) is 0 Å². The highest BCUT2D eigenvalue weighted by atomic mass is 16.5. The lowest BCUT2D eigenvalue weighted by molar-refractivity contribution is -0.129. The van der Waals surface area contributed by atoms with E-state index in [1.54, 1.807) is 6.92 Å². The average molecular weight is 260 g/mol. The van der Waals surface area contributed by atoms with Crippen molar-refractivity contribution in [2.24, 2.45) is 0 Å². The molecule has 1 atom stereocenters. The maximum Gasteiger partial charge on any atom is 0.246 e. The predicted molar refractivity (Wildman–Crippen MR) is 72.5 cm³/mol. The van der Waals surface area contributed by atoms with Gasteiger partial charge in [0, 0.05) is 18.7 Å². The summed E-state index contributed by atoms with van der Waals surface area (Å²) in [6, 6.07) is 0. The van der Waals surface area contributed by atoms with Crippen LogP contribution in [0.1, 0.15) is 40.5 Å². The summed E-state index contributed by atoms with van der Waals surface area (Å²) in [5.41, 5.74) is -0.175. The number of aliphatic hydroxyl groups excluding tert-OH is 1. The first-order valence-corrected chi connectivity index (χ1v) is 6.63. The van der Waals surface area contributed by atoms with Crippen LogP contribution >= 0.6 is 0 Å². The molecule has 1 fully saturated rings. The van der Waals surface area contributed by atoms with Crippen molar-refractivity contribution in [2.75, 3.05) is 26.3 Å². The largest absolute Gasteiger partial charge is 0.397 e. The van der Waals surface area contributed by atoms with Crippen LogP contribution in [0.15, 0.2) is 0 Å². The molecule has 1 amide bonds. The molecule has 5 nitrogen and oxygen atoms in total. The van der Waals surface area contributed by atoms with Crippen LogP contribution in [0.25, 0.3) is 0 Å². The first-order chi connectivity index (χ1) is 8.39. The fraction of sp³-hybridized carbons (Fsp3) is 0.923. The zero-order chi connectivity index (χ0) is 14.0. The van der Waals surface area contributed by atoms with E-state index >= 15 is 0 Å². The van der Waals surface area contributed by atoms with Gasteiger partial charge in [0.15, 0.2) is 0 Å². The monoisotopic (exact) mass is 260 g/mol. The molecule has 0 radical (unpaired) electrons. The van der Waals surface area contributed by atoms with Crippen LogP contribution < -0.4 is 10.6 Å². The van der Waals surface area contributed by atoms with Crippen LogP contribution in [0.2, 0.25) is 0 Å². The van der Waals surface area contributed by atoms with E-state index in [0.717, 1.165) is 25.9 Å². The Kier molecular flexibility index (Phi) is 8.97. The second-order valence-electron chi connectivity index (χ2n) is 5.39. The normalized spacial score (nSPS) is 19.7. The van der Waals surface area contributed by atoms with Crippen molar-refractivity contribution in [3.05, 3.63) is 0 Å².